The van der Waals surface area contributed by atoms with Crippen LogP contribution in [0.4, 0.5) is 0 Å². The molecule has 0 spiro atoms. The summed E-state index contributed by atoms with van der Waals surface area (Å²) in [6.45, 7) is 5.02. The summed E-state index contributed by atoms with van der Waals surface area (Å²) in [5, 5.41) is 14.8. The first kappa shape index (κ1) is 14.8. The Labute approximate surface area is 121 Å². The second-order valence-electron chi connectivity index (χ2n) is 6.08. The molecule has 0 aromatic heterocycles. The molecular formula is C16H24ClNO. The van der Waals surface area contributed by atoms with Gasteiger partial charge in [0.05, 0.1) is 5.60 Å². The number of aliphatic hydroxyl groups is 1. The van der Waals surface area contributed by atoms with Gasteiger partial charge < -0.3 is 10.4 Å². The van der Waals surface area contributed by atoms with Crippen LogP contribution >= 0.6 is 11.6 Å². The molecule has 19 heavy (non-hydrogen) atoms. The Kier molecular flexibility index (Phi) is 4.88. The fourth-order valence-corrected chi connectivity index (χ4v) is 3.13. The van der Waals surface area contributed by atoms with Crippen LogP contribution in [0.3, 0.4) is 0 Å². The Morgan fingerprint density at radius 2 is 2.11 bits per heavy atom. The molecule has 2 N–H and O–H groups in total. The first-order chi connectivity index (χ1) is 8.98. The van der Waals surface area contributed by atoms with Gasteiger partial charge in [-0.05, 0) is 43.4 Å². The predicted octanol–water partition coefficient (Wildman–Crippen LogP) is 3.93. The van der Waals surface area contributed by atoms with Gasteiger partial charge in [-0.1, -0.05) is 43.5 Å². The molecule has 0 bridgehead atoms. The molecule has 3 heteroatoms. The number of nitrogens with one attached hydrogen (secondary N) is 1. The Morgan fingerprint density at radius 3 is 2.74 bits per heavy atom. The molecule has 3 unspecified atom stereocenters. The summed E-state index contributed by atoms with van der Waals surface area (Å²) in [6.07, 6.45) is 4.20. The van der Waals surface area contributed by atoms with Gasteiger partial charge in [0.1, 0.15) is 0 Å². The summed E-state index contributed by atoms with van der Waals surface area (Å²) in [5.41, 5.74) is 0.676. The van der Waals surface area contributed by atoms with Crippen molar-refractivity contribution in [1.29, 1.82) is 0 Å². The van der Waals surface area contributed by atoms with Gasteiger partial charge in [0, 0.05) is 17.6 Å². The average Bonchev–Trinajstić information content (AvgIpc) is 2.37. The highest BCUT2D eigenvalue weighted by Crippen LogP contribution is 2.32. The third-order valence-corrected chi connectivity index (χ3v) is 4.43. The molecule has 0 aliphatic heterocycles. The molecule has 2 rings (SSSR count). The number of halogens is 1. The summed E-state index contributed by atoms with van der Waals surface area (Å²) in [7, 11) is 0. The zero-order chi connectivity index (χ0) is 13.9. The largest absolute Gasteiger partial charge is 0.389 e. The second kappa shape index (κ2) is 6.25. The lowest BCUT2D eigenvalue weighted by molar-refractivity contribution is -0.0134. The monoisotopic (exact) mass is 281 g/mol. The lowest BCUT2D eigenvalue weighted by Crippen LogP contribution is -2.44. The normalized spacial score (nSPS) is 29.2. The number of rotatable bonds is 4. The maximum atomic E-state index is 10.6. The molecule has 0 radical (unpaired) electrons. The molecule has 1 aliphatic rings. The summed E-state index contributed by atoms with van der Waals surface area (Å²) in [4.78, 5) is 0. The molecule has 1 aromatic rings. The maximum Gasteiger partial charge on any atom is 0.0774 e. The highest BCUT2D eigenvalue weighted by molar-refractivity contribution is 6.30. The fourth-order valence-electron chi connectivity index (χ4n) is 3.01. The Morgan fingerprint density at radius 1 is 1.42 bits per heavy atom. The molecule has 0 saturated heterocycles. The van der Waals surface area contributed by atoms with E-state index in [-0.39, 0.29) is 6.04 Å². The van der Waals surface area contributed by atoms with Gasteiger partial charge in [0.2, 0.25) is 0 Å². The molecule has 1 saturated carbocycles. The Balaban J connectivity index is 1.89. The van der Waals surface area contributed by atoms with E-state index in [0.29, 0.717) is 12.5 Å². The summed E-state index contributed by atoms with van der Waals surface area (Å²) in [5.74, 6) is 0.631. The first-order valence-electron chi connectivity index (χ1n) is 7.20. The van der Waals surface area contributed by atoms with Crippen molar-refractivity contribution in [2.75, 3.05) is 6.54 Å². The van der Waals surface area contributed by atoms with Crippen LogP contribution in [0.1, 0.15) is 51.1 Å². The van der Waals surface area contributed by atoms with Gasteiger partial charge in [-0.2, -0.15) is 0 Å². The van der Waals surface area contributed by atoms with Gasteiger partial charge in [0.15, 0.2) is 0 Å². The van der Waals surface area contributed by atoms with Crippen LogP contribution in [0.15, 0.2) is 24.3 Å². The standard InChI is InChI=1S/C16H24ClNO/c1-12-4-3-9-16(19,10-12)11-18-13(2)14-5-7-15(17)8-6-14/h5-8,12-13,18-19H,3-4,9-11H2,1-2H3. The lowest BCUT2D eigenvalue weighted by atomic mass is 9.79. The van der Waals surface area contributed by atoms with Crippen molar-refractivity contribution < 1.29 is 5.11 Å². The molecule has 3 atom stereocenters. The van der Waals surface area contributed by atoms with Gasteiger partial charge in [-0.15, -0.1) is 0 Å². The van der Waals surface area contributed by atoms with E-state index in [1.54, 1.807) is 0 Å². The van der Waals surface area contributed by atoms with E-state index >= 15 is 0 Å². The van der Waals surface area contributed by atoms with Crippen molar-refractivity contribution in [3.8, 4) is 0 Å². The minimum atomic E-state index is -0.529. The number of hydrogen-bond donors (Lipinski definition) is 2. The van der Waals surface area contributed by atoms with Crippen LogP contribution in [-0.2, 0) is 0 Å². The zero-order valence-corrected chi connectivity index (χ0v) is 12.6. The van der Waals surface area contributed by atoms with E-state index in [2.05, 4.69) is 19.2 Å². The fraction of sp³-hybridized carbons (Fsp3) is 0.625. The Bertz CT molecular complexity index is 406. The number of hydrogen-bond acceptors (Lipinski definition) is 2. The zero-order valence-electron chi connectivity index (χ0n) is 11.8. The van der Waals surface area contributed by atoms with Crippen molar-refractivity contribution in [2.45, 2.75) is 51.2 Å². The van der Waals surface area contributed by atoms with Crippen LogP contribution in [0, 0.1) is 5.92 Å². The SMILES string of the molecule is CC1CCCC(O)(CNC(C)c2ccc(Cl)cc2)C1. The second-order valence-corrected chi connectivity index (χ2v) is 6.52. The van der Waals surface area contributed by atoms with E-state index in [1.807, 2.05) is 24.3 Å². The number of benzene rings is 1. The smallest absolute Gasteiger partial charge is 0.0774 e. The third-order valence-electron chi connectivity index (χ3n) is 4.17. The topological polar surface area (TPSA) is 32.3 Å². The van der Waals surface area contributed by atoms with Crippen molar-refractivity contribution in [2.24, 2.45) is 5.92 Å². The third kappa shape index (κ3) is 4.20. The van der Waals surface area contributed by atoms with E-state index in [0.717, 1.165) is 24.3 Å². The summed E-state index contributed by atoms with van der Waals surface area (Å²) in [6, 6.07) is 8.12. The average molecular weight is 282 g/mol. The maximum absolute atomic E-state index is 10.6. The highest BCUT2D eigenvalue weighted by Gasteiger charge is 2.32. The van der Waals surface area contributed by atoms with Crippen molar-refractivity contribution in [3.63, 3.8) is 0 Å². The van der Waals surface area contributed by atoms with Crippen molar-refractivity contribution >= 4 is 11.6 Å². The predicted molar refractivity (Wildman–Crippen MR) is 80.5 cm³/mol. The van der Waals surface area contributed by atoms with Crippen LogP contribution < -0.4 is 5.32 Å². The van der Waals surface area contributed by atoms with Crippen molar-refractivity contribution in [3.05, 3.63) is 34.9 Å². The molecule has 0 amide bonds. The van der Waals surface area contributed by atoms with E-state index in [4.69, 9.17) is 11.6 Å². The minimum Gasteiger partial charge on any atom is -0.389 e. The van der Waals surface area contributed by atoms with Crippen LogP contribution in [-0.4, -0.2) is 17.3 Å². The molecular weight excluding hydrogens is 258 g/mol. The van der Waals surface area contributed by atoms with Gasteiger partial charge in [-0.3, -0.25) is 0 Å². The molecule has 2 nitrogen and oxygen atoms in total. The molecule has 1 aliphatic carbocycles. The molecule has 1 aromatic carbocycles. The van der Waals surface area contributed by atoms with Crippen LogP contribution in [0.25, 0.3) is 0 Å². The van der Waals surface area contributed by atoms with E-state index in [9.17, 15) is 5.11 Å². The highest BCUT2D eigenvalue weighted by atomic mass is 35.5. The van der Waals surface area contributed by atoms with Gasteiger partial charge in [-0.25, -0.2) is 0 Å². The van der Waals surface area contributed by atoms with Gasteiger partial charge in [0.25, 0.3) is 0 Å². The Hall–Kier alpha value is -0.570. The van der Waals surface area contributed by atoms with Crippen LogP contribution in [0.5, 0.6) is 0 Å². The van der Waals surface area contributed by atoms with Gasteiger partial charge >= 0.3 is 0 Å². The quantitative estimate of drug-likeness (QED) is 0.876. The summed E-state index contributed by atoms with van der Waals surface area (Å²) < 4.78 is 0. The van der Waals surface area contributed by atoms with Crippen LogP contribution in [0.2, 0.25) is 5.02 Å². The first-order valence-corrected chi connectivity index (χ1v) is 7.57. The molecule has 106 valence electrons. The van der Waals surface area contributed by atoms with E-state index in [1.165, 1.54) is 12.0 Å². The van der Waals surface area contributed by atoms with Crippen molar-refractivity contribution in [1.82, 2.24) is 5.32 Å². The minimum absolute atomic E-state index is 0.235. The van der Waals surface area contributed by atoms with E-state index < -0.39 is 5.60 Å². The lowest BCUT2D eigenvalue weighted by Gasteiger charge is -2.36. The molecule has 0 heterocycles. The summed E-state index contributed by atoms with van der Waals surface area (Å²) >= 11 is 5.89. The molecule has 1 fully saturated rings.